The summed E-state index contributed by atoms with van der Waals surface area (Å²) in [5.41, 5.74) is 1.72. The van der Waals surface area contributed by atoms with Crippen LogP contribution in [0.4, 0.5) is 0 Å². The fourth-order valence-electron chi connectivity index (χ4n) is 3.01. The Morgan fingerprint density at radius 2 is 2.50 bits per heavy atom. The van der Waals surface area contributed by atoms with Crippen molar-refractivity contribution < 1.29 is 4.74 Å². The van der Waals surface area contributed by atoms with Crippen molar-refractivity contribution in [3.63, 3.8) is 0 Å². The van der Waals surface area contributed by atoms with Crippen molar-refractivity contribution in [3.05, 3.63) is 11.6 Å². The van der Waals surface area contributed by atoms with Crippen molar-refractivity contribution in [2.24, 2.45) is 0 Å². The number of ether oxygens (including phenoxy) is 1. The summed E-state index contributed by atoms with van der Waals surface area (Å²) < 4.78 is 5.86. The van der Waals surface area contributed by atoms with Crippen molar-refractivity contribution in [2.75, 3.05) is 6.54 Å². The monoisotopic (exact) mass is 165 g/mol. The first kappa shape index (κ1) is 7.10. The lowest BCUT2D eigenvalue weighted by Gasteiger charge is -2.23. The van der Waals surface area contributed by atoms with Crippen LogP contribution in [0.25, 0.3) is 0 Å². The smallest absolute Gasteiger partial charge is 0.131 e. The highest BCUT2D eigenvalue weighted by Gasteiger charge is 2.66. The highest BCUT2D eigenvalue weighted by molar-refractivity contribution is 5.37. The van der Waals surface area contributed by atoms with Crippen LogP contribution < -0.4 is 5.32 Å². The minimum absolute atomic E-state index is 0.174. The van der Waals surface area contributed by atoms with Gasteiger partial charge in [-0.25, -0.2) is 0 Å². The lowest BCUT2D eigenvalue weighted by Crippen LogP contribution is -2.45. The second-order valence-electron chi connectivity index (χ2n) is 4.05. The molecule has 2 nitrogen and oxygen atoms in total. The summed E-state index contributed by atoms with van der Waals surface area (Å²) in [7, 11) is 0. The topological polar surface area (TPSA) is 24.6 Å². The molecular weight excluding hydrogens is 150 g/mol. The molecule has 1 spiro atoms. The van der Waals surface area contributed by atoms with Crippen LogP contribution in [0.2, 0.25) is 0 Å². The predicted molar refractivity (Wildman–Crippen MR) is 47.0 cm³/mol. The number of epoxide rings is 1. The van der Waals surface area contributed by atoms with Gasteiger partial charge in [-0.3, -0.25) is 0 Å². The number of rotatable bonds is 0. The molecule has 3 aliphatic rings. The zero-order valence-corrected chi connectivity index (χ0v) is 7.47. The van der Waals surface area contributed by atoms with Gasteiger partial charge in [0.1, 0.15) is 5.60 Å². The van der Waals surface area contributed by atoms with Crippen LogP contribution in [0.1, 0.15) is 26.2 Å². The summed E-state index contributed by atoms with van der Waals surface area (Å²) in [6, 6.07) is 0.627. The van der Waals surface area contributed by atoms with E-state index in [0.29, 0.717) is 12.1 Å². The Balaban J connectivity index is 1.98. The molecular formula is C10H15NO. The maximum atomic E-state index is 5.86. The molecule has 2 aliphatic heterocycles. The molecule has 66 valence electrons. The number of piperidine rings is 1. The zero-order chi connectivity index (χ0) is 8.18. The van der Waals surface area contributed by atoms with E-state index in [1.807, 2.05) is 0 Å². The van der Waals surface area contributed by atoms with E-state index in [2.05, 4.69) is 18.3 Å². The first-order chi connectivity index (χ1) is 5.88. The first-order valence-corrected chi connectivity index (χ1v) is 4.95. The summed E-state index contributed by atoms with van der Waals surface area (Å²) in [6.07, 6.45) is 6.53. The fraction of sp³-hybridized carbons (Fsp3) is 0.800. The van der Waals surface area contributed by atoms with Gasteiger partial charge < -0.3 is 10.1 Å². The van der Waals surface area contributed by atoms with Crippen molar-refractivity contribution in [1.82, 2.24) is 5.32 Å². The van der Waals surface area contributed by atoms with E-state index in [9.17, 15) is 0 Å². The molecule has 3 fully saturated rings. The van der Waals surface area contributed by atoms with Gasteiger partial charge in [0, 0.05) is 6.04 Å². The Morgan fingerprint density at radius 1 is 1.58 bits per heavy atom. The second kappa shape index (κ2) is 2.12. The second-order valence-corrected chi connectivity index (χ2v) is 4.05. The molecule has 1 N–H and O–H groups in total. The highest BCUT2D eigenvalue weighted by Crippen LogP contribution is 2.55. The standard InChI is InChI=1S/C10H15NO/c1-2-7-3-4-8-10(7)9(12-10)5-6-11-8/h2,8-9,11H,3-6H2,1H3/b7-2+. The van der Waals surface area contributed by atoms with Gasteiger partial charge in [-0.2, -0.15) is 0 Å². The summed E-state index contributed by atoms with van der Waals surface area (Å²) in [6.45, 7) is 3.29. The van der Waals surface area contributed by atoms with Gasteiger partial charge in [0.2, 0.25) is 0 Å². The van der Waals surface area contributed by atoms with Crippen molar-refractivity contribution >= 4 is 0 Å². The van der Waals surface area contributed by atoms with Crippen LogP contribution in [-0.4, -0.2) is 24.3 Å². The quantitative estimate of drug-likeness (QED) is 0.431. The number of hydrogen-bond acceptors (Lipinski definition) is 2. The Kier molecular flexibility index (Phi) is 1.25. The van der Waals surface area contributed by atoms with E-state index in [1.54, 1.807) is 5.57 Å². The van der Waals surface area contributed by atoms with E-state index >= 15 is 0 Å². The van der Waals surface area contributed by atoms with E-state index in [4.69, 9.17) is 4.74 Å². The third kappa shape index (κ3) is 0.639. The van der Waals surface area contributed by atoms with E-state index < -0.39 is 0 Å². The normalized spacial score (nSPS) is 53.6. The highest BCUT2D eigenvalue weighted by atomic mass is 16.6. The van der Waals surface area contributed by atoms with Crippen LogP contribution in [0.15, 0.2) is 11.6 Å². The lowest BCUT2D eigenvalue weighted by atomic mass is 9.90. The third-order valence-electron chi connectivity index (χ3n) is 3.63. The van der Waals surface area contributed by atoms with Crippen LogP contribution in [0, 0.1) is 0 Å². The fourth-order valence-corrected chi connectivity index (χ4v) is 3.01. The molecule has 0 radical (unpaired) electrons. The molecule has 0 aromatic rings. The molecule has 0 aromatic carbocycles. The SMILES string of the molecule is C/C=C1\CCC2NCCC3OC123. The number of hydrogen-bond donors (Lipinski definition) is 1. The molecule has 3 rings (SSSR count). The predicted octanol–water partition coefficient (Wildman–Crippen LogP) is 1.23. The first-order valence-electron chi connectivity index (χ1n) is 4.95. The minimum Gasteiger partial charge on any atom is -0.360 e. The zero-order valence-electron chi connectivity index (χ0n) is 7.47. The minimum atomic E-state index is 0.174. The van der Waals surface area contributed by atoms with Crippen molar-refractivity contribution in [3.8, 4) is 0 Å². The molecule has 2 heterocycles. The van der Waals surface area contributed by atoms with Gasteiger partial charge in [0.25, 0.3) is 0 Å². The van der Waals surface area contributed by atoms with Crippen LogP contribution in [0.3, 0.4) is 0 Å². The summed E-state index contributed by atoms with van der Waals surface area (Å²) >= 11 is 0. The summed E-state index contributed by atoms with van der Waals surface area (Å²) in [5, 5.41) is 3.56. The van der Waals surface area contributed by atoms with E-state index in [0.717, 1.165) is 6.54 Å². The third-order valence-corrected chi connectivity index (χ3v) is 3.63. The molecule has 2 heteroatoms. The Labute approximate surface area is 73.0 Å². The van der Waals surface area contributed by atoms with Crippen LogP contribution in [-0.2, 0) is 4.74 Å². The summed E-state index contributed by atoms with van der Waals surface area (Å²) in [4.78, 5) is 0. The van der Waals surface area contributed by atoms with Crippen LogP contribution in [0.5, 0.6) is 0 Å². The molecule has 0 amide bonds. The van der Waals surface area contributed by atoms with E-state index in [1.165, 1.54) is 19.3 Å². The lowest BCUT2D eigenvalue weighted by molar-refractivity contribution is 0.298. The molecule has 1 saturated carbocycles. The number of allylic oxidation sites excluding steroid dienone is 1. The molecule has 2 saturated heterocycles. The largest absolute Gasteiger partial charge is 0.360 e. The average Bonchev–Trinajstić information content (AvgIpc) is 2.72. The van der Waals surface area contributed by atoms with Gasteiger partial charge in [0.05, 0.1) is 6.10 Å². The van der Waals surface area contributed by atoms with Crippen LogP contribution >= 0.6 is 0 Å². The maximum Gasteiger partial charge on any atom is 0.131 e. The molecule has 0 aromatic heterocycles. The Hall–Kier alpha value is -0.340. The molecule has 0 bridgehead atoms. The molecule has 3 atom stereocenters. The number of nitrogens with one attached hydrogen (secondary N) is 1. The van der Waals surface area contributed by atoms with Gasteiger partial charge >= 0.3 is 0 Å². The van der Waals surface area contributed by atoms with Gasteiger partial charge in [-0.15, -0.1) is 0 Å². The Morgan fingerprint density at radius 3 is 3.33 bits per heavy atom. The van der Waals surface area contributed by atoms with Crippen molar-refractivity contribution in [2.45, 2.75) is 43.9 Å². The van der Waals surface area contributed by atoms with Crippen molar-refractivity contribution in [1.29, 1.82) is 0 Å². The molecule has 3 unspecified atom stereocenters. The van der Waals surface area contributed by atoms with Gasteiger partial charge in [0.15, 0.2) is 0 Å². The van der Waals surface area contributed by atoms with Gasteiger partial charge in [-0.1, -0.05) is 6.08 Å². The molecule has 12 heavy (non-hydrogen) atoms. The Bertz CT molecular complexity index is 248. The average molecular weight is 165 g/mol. The van der Waals surface area contributed by atoms with E-state index in [-0.39, 0.29) is 5.60 Å². The van der Waals surface area contributed by atoms with Gasteiger partial charge in [-0.05, 0) is 38.3 Å². The molecule has 1 aliphatic carbocycles. The summed E-state index contributed by atoms with van der Waals surface area (Å²) in [5.74, 6) is 0. The maximum absolute atomic E-state index is 5.86.